The summed E-state index contributed by atoms with van der Waals surface area (Å²) in [5.74, 6) is 7.47. The number of amidine groups is 3. The molecule has 4 aliphatic heterocycles. The van der Waals surface area contributed by atoms with Crippen LogP contribution in [0.2, 0.25) is 0 Å². The normalized spacial score (nSPS) is 19.7. The van der Waals surface area contributed by atoms with Gasteiger partial charge in [0.25, 0.3) is 0 Å². The minimum atomic E-state index is -0.253. The molecule has 2 saturated carbocycles. The molecule has 0 amide bonds. The fraction of sp³-hybridized carbons (Fsp3) is 0.596. The number of methoxy groups -OCH3 is 4. The highest BCUT2D eigenvalue weighted by Crippen LogP contribution is 2.51. The quantitative estimate of drug-likeness (QED) is 0.132. The standard InChI is InChI=1S/C19H28N2O2.C18H27N3O2.C15H20N2O2/c1-19(2)14-11-16(22-3)17(12-15(14)21-18(19)20)23-10-6-9-13-7-4-5-8-13;1-18(2)13-11-15(22-3)16(12-14(13)20-17(18)19)23-10-6-9-21-7-4-5-8-21;1-18-12-8-10-11(9-13(12)19-2)17-14(16)15(10)6-4-3-5-7-15/h11-13H,4-10H2,1-3H3,(H2,20,21);11-12H,4-10H2,1-3H3,(H2,19,20);8-9H,3-7H2,1-2H3,(H2,16,17). The summed E-state index contributed by atoms with van der Waals surface area (Å²) in [5.41, 5.74) is 23.9. The first-order valence-electron chi connectivity index (χ1n) is 24.0. The largest absolute Gasteiger partial charge is 0.493 e. The third-order valence-electron chi connectivity index (χ3n) is 14.7. The van der Waals surface area contributed by atoms with E-state index in [1.807, 2.05) is 30.3 Å². The second-order valence-corrected chi connectivity index (χ2v) is 19.5. The van der Waals surface area contributed by atoms with E-state index in [0.717, 1.165) is 108 Å². The highest BCUT2D eigenvalue weighted by atomic mass is 16.5. The first-order valence-corrected chi connectivity index (χ1v) is 24.0. The second-order valence-electron chi connectivity index (χ2n) is 19.5. The number of hydrogen-bond donors (Lipinski definition) is 3. The van der Waals surface area contributed by atoms with Gasteiger partial charge in [-0.2, -0.15) is 0 Å². The Labute approximate surface area is 387 Å². The summed E-state index contributed by atoms with van der Waals surface area (Å²) in [4.78, 5) is 16.0. The Bertz CT molecular complexity index is 2120. The number of rotatable bonds is 14. The fourth-order valence-electron chi connectivity index (χ4n) is 10.4. The average Bonchev–Trinajstić information content (AvgIpc) is 4.14. The number of fused-ring (bicyclic) bond motifs is 4. The number of nitrogens with two attached hydrogens (primary N) is 3. The molecule has 13 nitrogen and oxygen atoms in total. The van der Waals surface area contributed by atoms with E-state index in [1.54, 1.807) is 28.4 Å². The molecule has 2 aliphatic carbocycles. The number of nitrogens with zero attached hydrogens (tertiary/aromatic N) is 4. The maximum atomic E-state index is 6.25. The van der Waals surface area contributed by atoms with Gasteiger partial charge in [0.1, 0.15) is 17.5 Å². The van der Waals surface area contributed by atoms with Crippen molar-refractivity contribution in [3.8, 4) is 34.5 Å². The third kappa shape index (κ3) is 10.1. The molecule has 13 heteroatoms. The van der Waals surface area contributed by atoms with Gasteiger partial charge >= 0.3 is 0 Å². The average molecular weight is 894 g/mol. The molecule has 3 aromatic carbocycles. The lowest BCUT2D eigenvalue weighted by atomic mass is 9.69. The van der Waals surface area contributed by atoms with Crippen LogP contribution in [0.5, 0.6) is 34.5 Å². The van der Waals surface area contributed by atoms with Gasteiger partial charge in [-0.05, 0) is 127 Å². The maximum absolute atomic E-state index is 6.25. The molecule has 6 N–H and O–H groups in total. The number of aliphatic imine (C=N–C) groups is 3. The Morgan fingerprint density at radius 1 is 0.523 bits per heavy atom. The van der Waals surface area contributed by atoms with Crippen LogP contribution in [-0.2, 0) is 16.2 Å². The van der Waals surface area contributed by atoms with Crippen LogP contribution in [0.1, 0.15) is 134 Å². The SMILES string of the molecule is COc1cc2c(cc1OC)C1(CCCCC1)C(N)=N2.COc1cc2c(cc1OCCCC1CCCC1)N=C(N)C2(C)C.COc1cc2c(cc1OCCCN1CCCC1)N=C(N)C2(C)C. The van der Waals surface area contributed by atoms with Gasteiger partial charge in [-0.25, -0.2) is 15.0 Å². The van der Waals surface area contributed by atoms with Crippen LogP contribution in [0.4, 0.5) is 17.1 Å². The number of hydrogen-bond acceptors (Lipinski definition) is 13. The summed E-state index contributed by atoms with van der Waals surface area (Å²) >= 11 is 0. The molecule has 1 spiro atoms. The van der Waals surface area contributed by atoms with Crippen LogP contribution in [0.15, 0.2) is 51.4 Å². The van der Waals surface area contributed by atoms with E-state index in [0.29, 0.717) is 24.0 Å². The van der Waals surface area contributed by atoms with Crippen molar-refractivity contribution in [2.45, 2.75) is 134 Å². The second kappa shape index (κ2) is 20.6. The zero-order valence-corrected chi connectivity index (χ0v) is 40.4. The molecule has 0 bridgehead atoms. The lowest BCUT2D eigenvalue weighted by Crippen LogP contribution is -2.40. The Morgan fingerprint density at radius 2 is 0.954 bits per heavy atom. The van der Waals surface area contributed by atoms with Crippen molar-refractivity contribution in [2.24, 2.45) is 38.1 Å². The number of benzene rings is 3. The molecule has 0 aromatic heterocycles. The van der Waals surface area contributed by atoms with Gasteiger partial charge in [-0.1, -0.05) is 44.9 Å². The highest BCUT2D eigenvalue weighted by Gasteiger charge is 2.44. The maximum Gasteiger partial charge on any atom is 0.163 e. The van der Waals surface area contributed by atoms with Crippen LogP contribution in [0, 0.1) is 5.92 Å². The van der Waals surface area contributed by atoms with Gasteiger partial charge in [0.2, 0.25) is 0 Å². The molecule has 0 unspecified atom stereocenters. The highest BCUT2D eigenvalue weighted by molar-refractivity contribution is 6.01. The zero-order valence-electron chi connectivity index (χ0n) is 40.4. The molecule has 354 valence electrons. The van der Waals surface area contributed by atoms with Crippen molar-refractivity contribution >= 4 is 34.6 Å². The van der Waals surface area contributed by atoms with E-state index in [-0.39, 0.29) is 16.2 Å². The first-order chi connectivity index (χ1) is 31.2. The predicted octanol–water partition coefficient (Wildman–Crippen LogP) is 10.1. The minimum absolute atomic E-state index is 0.0624. The number of likely N-dealkylation sites (tertiary alicyclic amines) is 1. The molecule has 65 heavy (non-hydrogen) atoms. The van der Waals surface area contributed by atoms with Crippen molar-refractivity contribution in [1.29, 1.82) is 0 Å². The summed E-state index contributed by atoms with van der Waals surface area (Å²) < 4.78 is 33.7. The van der Waals surface area contributed by atoms with Crippen LogP contribution in [0.25, 0.3) is 0 Å². The van der Waals surface area contributed by atoms with E-state index in [4.69, 9.17) is 45.6 Å². The predicted molar refractivity (Wildman–Crippen MR) is 263 cm³/mol. The van der Waals surface area contributed by atoms with Gasteiger partial charge in [0, 0.05) is 35.6 Å². The van der Waals surface area contributed by atoms with Gasteiger partial charge < -0.3 is 50.5 Å². The van der Waals surface area contributed by atoms with Crippen molar-refractivity contribution in [1.82, 2.24) is 4.90 Å². The van der Waals surface area contributed by atoms with Gasteiger partial charge in [-0.15, -0.1) is 0 Å². The Hall–Kier alpha value is -5.17. The van der Waals surface area contributed by atoms with Crippen molar-refractivity contribution in [2.75, 3.05) is 61.3 Å². The van der Waals surface area contributed by atoms with Crippen molar-refractivity contribution < 1.29 is 28.4 Å². The van der Waals surface area contributed by atoms with Crippen LogP contribution >= 0.6 is 0 Å². The summed E-state index contributed by atoms with van der Waals surface area (Å²) in [6.07, 6.45) is 17.5. The Kier molecular flexibility index (Phi) is 15.1. The lowest BCUT2D eigenvalue weighted by Gasteiger charge is -2.34. The fourth-order valence-corrected chi connectivity index (χ4v) is 10.4. The number of ether oxygens (including phenoxy) is 6. The molecule has 0 atom stereocenters. The van der Waals surface area contributed by atoms with Gasteiger partial charge in [-0.3, -0.25) is 0 Å². The molecule has 6 aliphatic rings. The molecule has 9 rings (SSSR count). The Balaban J connectivity index is 0.000000146. The smallest absolute Gasteiger partial charge is 0.163 e. The molecular weight excluding hydrogens is 819 g/mol. The summed E-state index contributed by atoms with van der Waals surface area (Å²) in [7, 11) is 6.66. The lowest BCUT2D eigenvalue weighted by molar-refractivity contribution is 0.254. The minimum Gasteiger partial charge on any atom is -0.493 e. The molecule has 3 aromatic rings. The van der Waals surface area contributed by atoms with Crippen LogP contribution in [-0.4, -0.2) is 83.7 Å². The summed E-state index contributed by atoms with van der Waals surface area (Å²) in [5, 5.41) is 0. The Morgan fingerprint density at radius 3 is 1.48 bits per heavy atom. The van der Waals surface area contributed by atoms with Crippen molar-refractivity contribution in [3.05, 3.63) is 53.1 Å². The molecule has 0 radical (unpaired) electrons. The topological polar surface area (TPSA) is 174 Å². The molecule has 4 heterocycles. The van der Waals surface area contributed by atoms with E-state index < -0.39 is 0 Å². The van der Waals surface area contributed by atoms with Crippen molar-refractivity contribution in [3.63, 3.8) is 0 Å². The first kappa shape index (κ1) is 47.8. The van der Waals surface area contributed by atoms with E-state index in [1.165, 1.54) is 82.9 Å². The van der Waals surface area contributed by atoms with Gasteiger partial charge in [0.05, 0.1) is 64.1 Å². The molecular formula is C52H75N7O6. The van der Waals surface area contributed by atoms with E-state index in [9.17, 15) is 0 Å². The van der Waals surface area contributed by atoms with Crippen LogP contribution in [0.3, 0.4) is 0 Å². The van der Waals surface area contributed by atoms with Crippen LogP contribution < -0.4 is 45.6 Å². The summed E-state index contributed by atoms with van der Waals surface area (Å²) in [6.45, 7) is 13.3. The third-order valence-corrected chi connectivity index (χ3v) is 14.7. The van der Waals surface area contributed by atoms with E-state index in [2.05, 4.69) is 53.6 Å². The van der Waals surface area contributed by atoms with E-state index >= 15 is 0 Å². The monoisotopic (exact) mass is 894 g/mol. The summed E-state index contributed by atoms with van der Waals surface area (Å²) in [6, 6.07) is 11.9. The molecule has 3 fully saturated rings. The van der Waals surface area contributed by atoms with Gasteiger partial charge in [0.15, 0.2) is 34.5 Å². The zero-order chi connectivity index (χ0) is 46.4. The molecule has 1 saturated heterocycles.